The third kappa shape index (κ3) is 5.01. The van der Waals surface area contributed by atoms with Crippen LogP contribution in [0.4, 0.5) is 0 Å². The molecule has 2 aromatic carbocycles. The molecule has 11 heteroatoms. The lowest BCUT2D eigenvalue weighted by Crippen LogP contribution is -2.15. The van der Waals surface area contributed by atoms with Crippen molar-refractivity contribution in [3.63, 3.8) is 0 Å². The van der Waals surface area contributed by atoms with Gasteiger partial charge in [-0.3, -0.25) is 4.79 Å². The molecule has 37 heavy (non-hydrogen) atoms. The van der Waals surface area contributed by atoms with Crippen molar-refractivity contribution in [2.45, 2.75) is 40.7 Å². The number of nitrogens with zero attached hydrogens (tertiary/aromatic N) is 7. The number of H-pyrrole nitrogens is 1. The zero-order chi connectivity index (χ0) is 26.2. The first-order chi connectivity index (χ1) is 17.7. The monoisotopic (exact) mass is 498 g/mol. The molecule has 0 saturated carbocycles. The number of esters is 1. The van der Waals surface area contributed by atoms with E-state index < -0.39 is 5.97 Å². The molecule has 0 atom stereocenters. The number of carbonyl (C=O) groups excluding carboxylic acids is 1. The van der Waals surface area contributed by atoms with Gasteiger partial charge in [0.25, 0.3) is 11.8 Å². The van der Waals surface area contributed by atoms with Gasteiger partial charge in [-0.05, 0) is 32.5 Å². The van der Waals surface area contributed by atoms with Crippen LogP contribution in [0, 0.1) is 5.41 Å². The van der Waals surface area contributed by atoms with Gasteiger partial charge in [0, 0.05) is 25.5 Å². The van der Waals surface area contributed by atoms with Gasteiger partial charge in [0.05, 0.1) is 0 Å². The number of nitrogens with one attached hydrogen (secondary N) is 1. The molecule has 0 bridgehead atoms. The number of aromatic amines is 1. The first kappa shape index (κ1) is 24.0. The Morgan fingerprint density at radius 3 is 2.41 bits per heavy atom. The second-order valence-electron chi connectivity index (χ2n) is 9.96. The highest BCUT2D eigenvalue weighted by molar-refractivity contribution is 5.87. The van der Waals surface area contributed by atoms with Crippen LogP contribution < -0.4 is 4.74 Å². The van der Waals surface area contributed by atoms with Crippen LogP contribution in [0.1, 0.15) is 39.1 Å². The van der Waals surface area contributed by atoms with Gasteiger partial charge < -0.3 is 14.4 Å². The summed E-state index contributed by atoms with van der Waals surface area (Å²) in [6, 6.07) is 16.0. The molecule has 0 aliphatic carbocycles. The number of benzene rings is 2. The van der Waals surface area contributed by atoms with Crippen molar-refractivity contribution in [1.29, 1.82) is 0 Å². The van der Waals surface area contributed by atoms with Gasteiger partial charge in [-0.2, -0.15) is 0 Å². The van der Waals surface area contributed by atoms with E-state index in [9.17, 15) is 9.90 Å². The molecule has 5 aromatic rings. The SMILES string of the molecule is CC(=O)Oc1nnc(O)c2c1nc(CC(C)(C)C)n2Cc1ccc(-c2ccccc2-c2nnn[nH]2)cc1. The van der Waals surface area contributed by atoms with Crippen molar-refractivity contribution >= 4 is 17.0 Å². The molecule has 3 aromatic heterocycles. The van der Waals surface area contributed by atoms with Crippen LogP contribution in [0.5, 0.6) is 11.8 Å². The van der Waals surface area contributed by atoms with Crippen molar-refractivity contribution in [1.82, 2.24) is 40.4 Å². The fourth-order valence-corrected chi connectivity index (χ4v) is 4.23. The Hall–Kier alpha value is -4.67. The highest BCUT2D eigenvalue weighted by Crippen LogP contribution is 2.33. The maximum Gasteiger partial charge on any atom is 0.309 e. The number of rotatable bonds is 6. The summed E-state index contributed by atoms with van der Waals surface area (Å²) >= 11 is 0. The van der Waals surface area contributed by atoms with E-state index in [4.69, 9.17) is 9.72 Å². The predicted molar refractivity (Wildman–Crippen MR) is 136 cm³/mol. The number of hydrogen-bond donors (Lipinski definition) is 2. The lowest BCUT2D eigenvalue weighted by Gasteiger charge is -2.19. The molecular weight excluding hydrogens is 472 g/mol. The van der Waals surface area contributed by atoms with Gasteiger partial charge in [-0.25, -0.2) is 10.1 Å². The molecule has 0 aliphatic rings. The Labute approximate surface area is 212 Å². The fourth-order valence-electron chi connectivity index (χ4n) is 4.23. The molecule has 188 valence electrons. The number of tetrazole rings is 1. The summed E-state index contributed by atoms with van der Waals surface area (Å²) in [5.74, 6) is 0.489. The molecule has 0 fully saturated rings. The Kier molecular flexibility index (Phi) is 6.12. The summed E-state index contributed by atoms with van der Waals surface area (Å²) in [7, 11) is 0. The lowest BCUT2D eigenvalue weighted by molar-refractivity contribution is -0.132. The third-order valence-electron chi connectivity index (χ3n) is 5.76. The van der Waals surface area contributed by atoms with E-state index in [1.807, 2.05) is 53.1 Å². The largest absolute Gasteiger partial charge is 0.491 e. The van der Waals surface area contributed by atoms with Gasteiger partial charge in [-0.1, -0.05) is 69.3 Å². The summed E-state index contributed by atoms with van der Waals surface area (Å²) < 4.78 is 7.13. The molecule has 3 heterocycles. The van der Waals surface area contributed by atoms with Gasteiger partial charge >= 0.3 is 5.97 Å². The second-order valence-corrected chi connectivity index (χ2v) is 9.96. The summed E-state index contributed by atoms with van der Waals surface area (Å²) in [5.41, 5.74) is 4.48. The molecule has 0 spiro atoms. The number of aromatic hydroxyl groups is 1. The summed E-state index contributed by atoms with van der Waals surface area (Å²) in [5, 5.41) is 32.5. The van der Waals surface area contributed by atoms with Crippen molar-refractivity contribution in [2.75, 3.05) is 0 Å². The molecule has 0 amide bonds. The second kappa shape index (κ2) is 9.41. The van der Waals surface area contributed by atoms with Crippen molar-refractivity contribution in [3.8, 4) is 34.3 Å². The molecule has 5 rings (SSSR count). The Morgan fingerprint density at radius 1 is 1.03 bits per heavy atom. The van der Waals surface area contributed by atoms with Crippen LogP contribution in [0.2, 0.25) is 0 Å². The summed E-state index contributed by atoms with van der Waals surface area (Å²) in [6.07, 6.45) is 0.622. The molecule has 11 nitrogen and oxygen atoms in total. The van der Waals surface area contributed by atoms with E-state index in [0.29, 0.717) is 29.8 Å². The van der Waals surface area contributed by atoms with E-state index in [2.05, 4.69) is 51.6 Å². The molecule has 0 saturated heterocycles. The van der Waals surface area contributed by atoms with Crippen molar-refractivity contribution in [3.05, 3.63) is 59.9 Å². The number of ether oxygens (including phenoxy) is 1. The van der Waals surface area contributed by atoms with E-state index >= 15 is 0 Å². The molecule has 0 unspecified atom stereocenters. The summed E-state index contributed by atoms with van der Waals surface area (Å²) in [6.45, 7) is 8.03. The number of hydrogen-bond acceptors (Lipinski definition) is 9. The topological polar surface area (TPSA) is 145 Å². The van der Waals surface area contributed by atoms with Gasteiger partial charge in [0.1, 0.15) is 11.3 Å². The average molecular weight is 499 g/mol. The zero-order valence-corrected chi connectivity index (χ0v) is 20.9. The Morgan fingerprint density at radius 2 is 1.76 bits per heavy atom. The maximum atomic E-state index is 11.6. The Bertz CT molecular complexity index is 1570. The van der Waals surface area contributed by atoms with Crippen LogP contribution in [-0.4, -0.2) is 51.4 Å². The molecular formula is C26H26N8O3. The average Bonchev–Trinajstić information content (AvgIpc) is 3.50. The van der Waals surface area contributed by atoms with Crippen LogP contribution in [0.25, 0.3) is 33.5 Å². The first-order valence-electron chi connectivity index (χ1n) is 11.8. The first-order valence-corrected chi connectivity index (χ1v) is 11.8. The van der Waals surface area contributed by atoms with Crippen LogP contribution in [-0.2, 0) is 17.8 Å². The normalized spacial score (nSPS) is 11.7. The van der Waals surface area contributed by atoms with Crippen molar-refractivity contribution in [2.24, 2.45) is 5.41 Å². The quantitative estimate of drug-likeness (QED) is 0.332. The predicted octanol–water partition coefficient (Wildman–Crippen LogP) is 3.94. The molecule has 2 N–H and O–H groups in total. The minimum absolute atomic E-state index is 0.0249. The third-order valence-corrected chi connectivity index (χ3v) is 5.76. The van der Waals surface area contributed by atoms with Gasteiger partial charge in [-0.15, -0.1) is 15.3 Å². The van der Waals surface area contributed by atoms with Crippen LogP contribution in [0.15, 0.2) is 48.5 Å². The van der Waals surface area contributed by atoms with E-state index in [0.717, 1.165) is 28.1 Å². The minimum Gasteiger partial charge on any atom is -0.491 e. The fraction of sp³-hybridized carbons (Fsp3) is 0.269. The van der Waals surface area contributed by atoms with Crippen LogP contribution in [0.3, 0.4) is 0 Å². The molecule has 0 aliphatic heterocycles. The van der Waals surface area contributed by atoms with Gasteiger partial charge in [0.2, 0.25) is 0 Å². The number of aromatic nitrogens is 8. The zero-order valence-electron chi connectivity index (χ0n) is 20.9. The van der Waals surface area contributed by atoms with Gasteiger partial charge in [0.15, 0.2) is 11.3 Å². The number of carbonyl (C=O) groups is 1. The maximum absolute atomic E-state index is 11.6. The molecule has 0 radical (unpaired) electrons. The van der Waals surface area contributed by atoms with Crippen LogP contribution >= 0.6 is 0 Å². The Balaban J connectivity index is 1.54. The minimum atomic E-state index is -0.537. The number of imidazole rings is 1. The smallest absolute Gasteiger partial charge is 0.309 e. The van der Waals surface area contributed by atoms with E-state index in [1.54, 1.807) is 0 Å². The standard InChI is InChI=1S/C26H26N8O3/c1-15(35)37-25-21-22(24(36)30-31-25)34(20(27-21)13-26(2,3)4)14-16-9-11-17(12-10-16)18-7-5-6-8-19(18)23-28-32-33-29-23/h5-12H,13-14H2,1-4H3,(H,30,36)(H,28,29,32,33). The highest BCUT2D eigenvalue weighted by atomic mass is 16.5. The highest BCUT2D eigenvalue weighted by Gasteiger charge is 2.24. The van der Waals surface area contributed by atoms with Crippen molar-refractivity contribution < 1.29 is 14.6 Å². The lowest BCUT2D eigenvalue weighted by atomic mass is 9.92. The van der Waals surface area contributed by atoms with E-state index in [-0.39, 0.29) is 17.2 Å². The van der Waals surface area contributed by atoms with E-state index in [1.165, 1.54) is 6.92 Å². The summed E-state index contributed by atoms with van der Waals surface area (Å²) in [4.78, 5) is 16.3. The number of fused-ring (bicyclic) bond motifs is 1.